The van der Waals surface area contributed by atoms with E-state index in [2.05, 4.69) is 17.2 Å². The first-order chi connectivity index (χ1) is 8.72. The Kier molecular flexibility index (Phi) is 4.31. The van der Waals surface area contributed by atoms with Gasteiger partial charge in [-0.05, 0) is 37.1 Å². The van der Waals surface area contributed by atoms with Gasteiger partial charge in [-0.15, -0.1) is 0 Å². The number of pyridine rings is 1. The first kappa shape index (κ1) is 13.0. The standard InChI is InChI=1S/C14H21N3O/c1-3-17(10-12-4-6-15-7-5-12)14(18)13-9-16-8-11(13)2/h4-7,11,13,16H,3,8-10H2,1-2H3. The van der Waals surface area contributed by atoms with Crippen molar-refractivity contribution in [1.82, 2.24) is 15.2 Å². The lowest BCUT2D eigenvalue weighted by Crippen LogP contribution is -2.38. The summed E-state index contributed by atoms with van der Waals surface area (Å²) in [6.07, 6.45) is 3.54. The van der Waals surface area contributed by atoms with Crippen molar-refractivity contribution in [2.45, 2.75) is 20.4 Å². The van der Waals surface area contributed by atoms with E-state index in [1.54, 1.807) is 12.4 Å². The molecule has 1 aromatic rings. The highest BCUT2D eigenvalue weighted by Crippen LogP contribution is 2.19. The normalized spacial score (nSPS) is 23.0. The Morgan fingerprint density at radius 2 is 2.17 bits per heavy atom. The van der Waals surface area contributed by atoms with Gasteiger partial charge in [0, 0.05) is 32.0 Å². The smallest absolute Gasteiger partial charge is 0.227 e. The zero-order valence-electron chi connectivity index (χ0n) is 11.1. The average molecular weight is 247 g/mol. The minimum atomic E-state index is 0.131. The molecule has 0 bridgehead atoms. The molecule has 1 aliphatic heterocycles. The largest absolute Gasteiger partial charge is 0.338 e. The number of carbonyl (C=O) groups excluding carboxylic acids is 1. The first-order valence-corrected chi connectivity index (χ1v) is 6.60. The molecule has 1 N–H and O–H groups in total. The molecule has 2 heterocycles. The molecule has 0 saturated carbocycles. The molecule has 98 valence electrons. The van der Waals surface area contributed by atoms with Crippen LogP contribution in [-0.4, -0.2) is 35.4 Å². The zero-order chi connectivity index (χ0) is 13.0. The van der Waals surface area contributed by atoms with Crippen LogP contribution in [0.2, 0.25) is 0 Å². The summed E-state index contributed by atoms with van der Waals surface area (Å²) in [5.74, 6) is 0.836. The van der Waals surface area contributed by atoms with Crippen molar-refractivity contribution in [3.8, 4) is 0 Å². The predicted octanol–water partition coefficient (Wildman–Crippen LogP) is 1.29. The molecular weight excluding hydrogens is 226 g/mol. The number of amides is 1. The van der Waals surface area contributed by atoms with Crippen LogP contribution in [0.3, 0.4) is 0 Å². The average Bonchev–Trinajstić information content (AvgIpc) is 2.82. The number of aromatic nitrogens is 1. The SMILES string of the molecule is CCN(Cc1ccncc1)C(=O)C1CNCC1C. The summed E-state index contributed by atoms with van der Waals surface area (Å²) in [5, 5.41) is 3.29. The summed E-state index contributed by atoms with van der Waals surface area (Å²) in [4.78, 5) is 18.4. The molecule has 4 heteroatoms. The quantitative estimate of drug-likeness (QED) is 0.872. The Morgan fingerprint density at radius 1 is 1.44 bits per heavy atom. The molecule has 0 aromatic carbocycles. The number of nitrogens with zero attached hydrogens (tertiary/aromatic N) is 2. The number of hydrogen-bond acceptors (Lipinski definition) is 3. The zero-order valence-corrected chi connectivity index (χ0v) is 11.1. The number of carbonyl (C=O) groups is 1. The number of rotatable bonds is 4. The van der Waals surface area contributed by atoms with E-state index in [1.807, 2.05) is 24.0 Å². The Labute approximate surface area is 108 Å². The molecule has 1 saturated heterocycles. The minimum Gasteiger partial charge on any atom is -0.338 e. The van der Waals surface area contributed by atoms with E-state index >= 15 is 0 Å². The van der Waals surface area contributed by atoms with Crippen molar-refractivity contribution in [2.24, 2.45) is 11.8 Å². The first-order valence-electron chi connectivity index (χ1n) is 6.60. The maximum atomic E-state index is 12.5. The second-order valence-corrected chi connectivity index (χ2v) is 4.95. The maximum absolute atomic E-state index is 12.5. The van der Waals surface area contributed by atoms with Crippen molar-refractivity contribution in [3.05, 3.63) is 30.1 Å². The van der Waals surface area contributed by atoms with Gasteiger partial charge in [-0.1, -0.05) is 6.92 Å². The topological polar surface area (TPSA) is 45.2 Å². The molecule has 0 spiro atoms. The van der Waals surface area contributed by atoms with Crippen LogP contribution in [0.4, 0.5) is 0 Å². The summed E-state index contributed by atoms with van der Waals surface area (Å²) in [6.45, 7) is 7.37. The highest BCUT2D eigenvalue weighted by Gasteiger charge is 2.32. The third kappa shape index (κ3) is 2.88. The fourth-order valence-corrected chi connectivity index (χ4v) is 2.43. The molecule has 1 fully saturated rings. The summed E-state index contributed by atoms with van der Waals surface area (Å²) in [7, 11) is 0. The molecule has 4 nitrogen and oxygen atoms in total. The second kappa shape index (κ2) is 5.96. The Hall–Kier alpha value is -1.42. The Morgan fingerprint density at radius 3 is 2.72 bits per heavy atom. The van der Waals surface area contributed by atoms with Gasteiger partial charge in [0.05, 0.1) is 5.92 Å². The fraction of sp³-hybridized carbons (Fsp3) is 0.571. The number of hydrogen-bond donors (Lipinski definition) is 1. The Bertz CT molecular complexity index is 393. The van der Waals surface area contributed by atoms with Gasteiger partial charge in [0.25, 0.3) is 0 Å². The van der Waals surface area contributed by atoms with Crippen molar-refractivity contribution in [3.63, 3.8) is 0 Å². The van der Waals surface area contributed by atoms with Gasteiger partial charge in [0.15, 0.2) is 0 Å². The van der Waals surface area contributed by atoms with Crippen LogP contribution < -0.4 is 5.32 Å². The van der Waals surface area contributed by atoms with Gasteiger partial charge >= 0.3 is 0 Å². The Balaban J connectivity index is 2.02. The van der Waals surface area contributed by atoms with Crippen molar-refractivity contribution in [2.75, 3.05) is 19.6 Å². The fourth-order valence-electron chi connectivity index (χ4n) is 2.43. The van der Waals surface area contributed by atoms with E-state index in [1.165, 1.54) is 0 Å². The summed E-state index contributed by atoms with van der Waals surface area (Å²) >= 11 is 0. The third-order valence-electron chi connectivity index (χ3n) is 3.65. The van der Waals surface area contributed by atoms with Crippen molar-refractivity contribution in [1.29, 1.82) is 0 Å². The molecule has 0 aliphatic carbocycles. The third-order valence-corrected chi connectivity index (χ3v) is 3.65. The molecule has 1 aromatic heterocycles. The van der Waals surface area contributed by atoms with Gasteiger partial charge in [-0.25, -0.2) is 0 Å². The summed E-state index contributed by atoms with van der Waals surface area (Å²) < 4.78 is 0. The van der Waals surface area contributed by atoms with Gasteiger partial charge in [-0.3, -0.25) is 9.78 Å². The summed E-state index contributed by atoms with van der Waals surface area (Å²) in [6, 6.07) is 3.93. The molecule has 1 amide bonds. The molecule has 1 aliphatic rings. The molecule has 18 heavy (non-hydrogen) atoms. The maximum Gasteiger partial charge on any atom is 0.227 e. The van der Waals surface area contributed by atoms with Gasteiger partial charge in [0.1, 0.15) is 0 Å². The number of nitrogens with one attached hydrogen (secondary N) is 1. The molecular formula is C14H21N3O. The molecule has 2 atom stereocenters. The predicted molar refractivity (Wildman–Crippen MR) is 70.9 cm³/mol. The van der Waals surface area contributed by atoms with Crippen LogP contribution in [0.5, 0.6) is 0 Å². The highest BCUT2D eigenvalue weighted by molar-refractivity contribution is 5.79. The molecule has 0 radical (unpaired) electrons. The van der Waals surface area contributed by atoms with E-state index in [0.717, 1.165) is 25.2 Å². The van der Waals surface area contributed by atoms with Gasteiger partial charge < -0.3 is 10.2 Å². The van der Waals surface area contributed by atoms with Crippen LogP contribution in [0.25, 0.3) is 0 Å². The highest BCUT2D eigenvalue weighted by atomic mass is 16.2. The lowest BCUT2D eigenvalue weighted by Gasteiger charge is -2.25. The van der Waals surface area contributed by atoms with E-state index in [4.69, 9.17) is 0 Å². The minimum absolute atomic E-state index is 0.131. The van der Waals surface area contributed by atoms with E-state index < -0.39 is 0 Å². The second-order valence-electron chi connectivity index (χ2n) is 4.95. The van der Waals surface area contributed by atoms with Crippen LogP contribution in [0.15, 0.2) is 24.5 Å². The van der Waals surface area contributed by atoms with E-state index in [-0.39, 0.29) is 11.8 Å². The van der Waals surface area contributed by atoms with Crippen LogP contribution in [0.1, 0.15) is 19.4 Å². The molecule has 2 unspecified atom stereocenters. The van der Waals surface area contributed by atoms with Gasteiger partial charge in [0.2, 0.25) is 5.91 Å². The van der Waals surface area contributed by atoms with Crippen molar-refractivity contribution >= 4 is 5.91 Å². The molecule has 2 rings (SSSR count). The monoisotopic (exact) mass is 247 g/mol. The van der Waals surface area contributed by atoms with E-state index in [9.17, 15) is 4.79 Å². The van der Waals surface area contributed by atoms with E-state index in [0.29, 0.717) is 12.5 Å². The van der Waals surface area contributed by atoms with Crippen LogP contribution >= 0.6 is 0 Å². The lowest BCUT2D eigenvalue weighted by atomic mass is 9.96. The van der Waals surface area contributed by atoms with Crippen LogP contribution in [0, 0.1) is 11.8 Å². The summed E-state index contributed by atoms with van der Waals surface area (Å²) in [5.41, 5.74) is 1.14. The van der Waals surface area contributed by atoms with Gasteiger partial charge in [-0.2, -0.15) is 0 Å². The van der Waals surface area contributed by atoms with Crippen molar-refractivity contribution < 1.29 is 4.79 Å². The van der Waals surface area contributed by atoms with Crippen LogP contribution in [-0.2, 0) is 11.3 Å². The lowest BCUT2D eigenvalue weighted by molar-refractivity contribution is -0.136.